The van der Waals surface area contributed by atoms with Crippen LogP contribution >= 0.6 is 0 Å². The van der Waals surface area contributed by atoms with Crippen molar-refractivity contribution in [2.75, 3.05) is 38.0 Å². The highest BCUT2D eigenvalue weighted by Gasteiger charge is 2.36. The molecule has 4 rings (SSSR count). The van der Waals surface area contributed by atoms with E-state index < -0.39 is 24.1 Å². The van der Waals surface area contributed by atoms with Gasteiger partial charge in [0.25, 0.3) is 0 Å². The number of amides is 3. The van der Waals surface area contributed by atoms with Crippen molar-refractivity contribution in [2.24, 2.45) is 0 Å². The molecule has 10 nitrogen and oxygen atoms in total. The quantitative estimate of drug-likeness (QED) is 0.346. The number of hydrogen-bond acceptors (Lipinski definition) is 7. The molecule has 210 valence electrons. The molecule has 2 atom stereocenters. The molecule has 10 heteroatoms. The van der Waals surface area contributed by atoms with Crippen molar-refractivity contribution in [1.82, 2.24) is 4.90 Å². The first kappa shape index (κ1) is 28.4. The number of rotatable bonds is 9. The maximum atomic E-state index is 13.2. The van der Waals surface area contributed by atoms with Gasteiger partial charge >= 0.3 is 12.0 Å². The van der Waals surface area contributed by atoms with Crippen molar-refractivity contribution in [3.8, 4) is 11.5 Å². The molecular weight excluding hydrogens is 514 g/mol. The number of carbonyl (C=O) groups excluding carboxylic acids is 3. The third kappa shape index (κ3) is 6.89. The predicted molar refractivity (Wildman–Crippen MR) is 150 cm³/mol. The van der Waals surface area contributed by atoms with E-state index in [0.717, 1.165) is 5.56 Å². The van der Waals surface area contributed by atoms with Crippen molar-refractivity contribution in [3.63, 3.8) is 0 Å². The number of anilines is 2. The van der Waals surface area contributed by atoms with Crippen molar-refractivity contribution in [1.29, 1.82) is 0 Å². The van der Waals surface area contributed by atoms with Crippen LogP contribution in [0.25, 0.3) is 0 Å². The second kappa shape index (κ2) is 13.0. The Hall–Kier alpha value is -4.57. The minimum absolute atomic E-state index is 0.0864. The number of aliphatic hydroxyl groups is 1. The Morgan fingerprint density at radius 2 is 1.70 bits per heavy atom. The second-order valence-corrected chi connectivity index (χ2v) is 9.44. The normalized spacial score (nSPS) is 16.2. The molecule has 1 fully saturated rings. The first-order valence-electron chi connectivity index (χ1n) is 12.9. The average molecular weight is 548 g/mol. The molecule has 1 aliphatic heterocycles. The smallest absolute Gasteiger partial charge is 0.337 e. The lowest BCUT2D eigenvalue weighted by molar-refractivity contribution is -0.132. The van der Waals surface area contributed by atoms with Crippen molar-refractivity contribution in [3.05, 3.63) is 83.4 Å². The summed E-state index contributed by atoms with van der Waals surface area (Å²) in [6, 6.07) is 18.2. The van der Waals surface area contributed by atoms with E-state index in [1.54, 1.807) is 47.4 Å². The monoisotopic (exact) mass is 547 g/mol. The topological polar surface area (TPSA) is 126 Å². The zero-order valence-electron chi connectivity index (χ0n) is 22.7. The molecule has 0 saturated carbocycles. The van der Waals surface area contributed by atoms with Gasteiger partial charge in [-0.05, 0) is 66.9 Å². The summed E-state index contributed by atoms with van der Waals surface area (Å²) in [7, 11) is 2.81. The van der Waals surface area contributed by atoms with Crippen LogP contribution in [-0.4, -0.2) is 67.4 Å². The molecule has 1 saturated heterocycles. The van der Waals surface area contributed by atoms with Crippen LogP contribution in [0.5, 0.6) is 11.5 Å². The molecule has 40 heavy (non-hydrogen) atoms. The minimum atomic E-state index is -0.717. The van der Waals surface area contributed by atoms with E-state index in [1.807, 2.05) is 31.2 Å². The summed E-state index contributed by atoms with van der Waals surface area (Å²) >= 11 is 0. The third-order valence-corrected chi connectivity index (χ3v) is 6.79. The zero-order valence-corrected chi connectivity index (χ0v) is 22.7. The third-order valence-electron chi connectivity index (χ3n) is 6.79. The Kier molecular flexibility index (Phi) is 9.23. The second-order valence-electron chi connectivity index (χ2n) is 9.44. The first-order valence-corrected chi connectivity index (χ1v) is 12.9. The lowest BCUT2D eigenvalue weighted by Crippen LogP contribution is -2.44. The van der Waals surface area contributed by atoms with Gasteiger partial charge < -0.3 is 34.9 Å². The van der Waals surface area contributed by atoms with Gasteiger partial charge in [-0.25, -0.2) is 9.59 Å². The number of methoxy groups -OCH3 is 2. The molecule has 0 aliphatic carbocycles. The summed E-state index contributed by atoms with van der Waals surface area (Å²) in [6.45, 7) is 2.42. The van der Waals surface area contributed by atoms with E-state index in [9.17, 15) is 19.5 Å². The number of aliphatic hydroxyl groups excluding tert-OH is 1. The number of para-hydroxylation sites is 1. The molecule has 3 N–H and O–H groups in total. The molecule has 0 spiro atoms. The molecule has 3 aromatic rings. The molecule has 0 aromatic heterocycles. The lowest BCUT2D eigenvalue weighted by atomic mass is 10.1. The van der Waals surface area contributed by atoms with E-state index in [-0.39, 0.29) is 18.9 Å². The number of ether oxygens (including phenoxy) is 3. The van der Waals surface area contributed by atoms with Gasteiger partial charge in [-0.2, -0.15) is 0 Å². The lowest BCUT2D eigenvalue weighted by Gasteiger charge is -2.26. The Bertz CT molecular complexity index is 1360. The van der Waals surface area contributed by atoms with Gasteiger partial charge in [-0.15, -0.1) is 0 Å². The van der Waals surface area contributed by atoms with Crippen LogP contribution in [0, 0.1) is 6.92 Å². The average Bonchev–Trinajstić information content (AvgIpc) is 3.33. The predicted octanol–water partition coefficient (Wildman–Crippen LogP) is 4.02. The van der Waals surface area contributed by atoms with E-state index >= 15 is 0 Å². The SMILES string of the molecule is COC(=O)c1ccc(OC[C@@H]2[C@H](O)CCN2C(=O)Cc2ccc(NC(=O)Nc3ccccc3C)c(OC)c2)cc1. The number of benzene rings is 3. The summed E-state index contributed by atoms with van der Waals surface area (Å²) in [5.41, 5.74) is 3.20. The van der Waals surface area contributed by atoms with Gasteiger partial charge in [-0.1, -0.05) is 24.3 Å². The van der Waals surface area contributed by atoms with Crippen LogP contribution < -0.4 is 20.1 Å². The Labute approximate surface area is 232 Å². The maximum Gasteiger partial charge on any atom is 0.337 e. The largest absolute Gasteiger partial charge is 0.495 e. The van der Waals surface area contributed by atoms with Crippen LogP contribution in [0.3, 0.4) is 0 Å². The van der Waals surface area contributed by atoms with Crippen LogP contribution in [0.4, 0.5) is 16.2 Å². The van der Waals surface area contributed by atoms with Crippen LogP contribution in [0.1, 0.15) is 27.9 Å². The Balaban J connectivity index is 1.36. The highest BCUT2D eigenvalue weighted by atomic mass is 16.5. The Morgan fingerprint density at radius 3 is 2.40 bits per heavy atom. The molecule has 3 aromatic carbocycles. The van der Waals surface area contributed by atoms with Gasteiger partial charge in [-0.3, -0.25) is 4.79 Å². The number of hydrogen-bond donors (Lipinski definition) is 3. The van der Waals surface area contributed by atoms with E-state index in [1.165, 1.54) is 14.2 Å². The van der Waals surface area contributed by atoms with E-state index in [4.69, 9.17) is 14.2 Å². The highest BCUT2D eigenvalue weighted by Crippen LogP contribution is 2.28. The molecule has 3 amide bonds. The van der Waals surface area contributed by atoms with Gasteiger partial charge in [0.05, 0.1) is 44.0 Å². The molecular formula is C30H33N3O7. The number of aryl methyl sites for hydroxylation is 1. The standard InChI is InChI=1S/C30H33N3O7/c1-19-6-4-5-7-23(19)31-30(37)32-24-13-8-20(16-27(24)38-2)17-28(35)33-15-14-26(34)25(33)18-40-22-11-9-21(10-12-22)29(36)39-3/h4-13,16,25-26,34H,14-15,17-18H2,1-3H3,(H2,31,32,37)/t25-,26-/m1/s1. The van der Waals surface area contributed by atoms with Gasteiger partial charge in [0.2, 0.25) is 5.91 Å². The molecule has 1 heterocycles. The van der Waals surface area contributed by atoms with Crippen molar-refractivity contribution in [2.45, 2.75) is 31.9 Å². The van der Waals surface area contributed by atoms with Crippen molar-refractivity contribution < 1.29 is 33.7 Å². The molecule has 1 aliphatic rings. The van der Waals surface area contributed by atoms with Gasteiger partial charge in [0.15, 0.2) is 0 Å². The molecule has 0 bridgehead atoms. The van der Waals surface area contributed by atoms with Crippen LogP contribution in [0.15, 0.2) is 66.7 Å². The zero-order chi connectivity index (χ0) is 28.6. The summed E-state index contributed by atoms with van der Waals surface area (Å²) in [5, 5.41) is 16.1. The van der Waals surface area contributed by atoms with E-state index in [2.05, 4.69) is 10.6 Å². The van der Waals surface area contributed by atoms with E-state index in [0.29, 0.717) is 47.0 Å². The first-order chi connectivity index (χ1) is 19.3. The number of likely N-dealkylation sites (tertiary alicyclic amines) is 1. The summed E-state index contributed by atoms with van der Waals surface area (Å²) in [5.74, 6) is 0.326. The number of urea groups is 1. The van der Waals surface area contributed by atoms with Crippen LogP contribution in [0.2, 0.25) is 0 Å². The maximum absolute atomic E-state index is 13.2. The fraction of sp³-hybridized carbons (Fsp3) is 0.300. The number of carbonyl (C=O) groups is 3. The fourth-order valence-electron chi connectivity index (χ4n) is 4.55. The highest BCUT2D eigenvalue weighted by molar-refractivity contribution is 6.01. The number of nitrogens with zero attached hydrogens (tertiary/aromatic N) is 1. The molecule has 0 unspecified atom stereocenters. The molecule has 0 radical (unpaired) electrons. The summed E-state index contributed by atoms with van der Waals surface area (Å²) in [6.07, 6.45) is -0.182. The number of nitrogens with one attached hydrogen (secondary N) is 2. The van der Waals surface area contributed by atoms with Crippen molar-refractivity contribution >= 4 is 29.3 Å². The number of esters is 1. The summed E-state index contributed by atoms with van der Waals surface area (Å²) in [4.78, 5) is 39.0. The van der Waals surface area contributed by atoms with Gasteiger partial charge in [0, 0.05) is 12.2 Å². The minimum Gasteiger partial charge on any atom is -0.495 e. The van der Waals surface area contributed by atoms with Crippen LogP contribution in [-0.2, 0) is 16.0 Å². The van der Waals surface area contributed by atoms with Gasteiger partial charge in [0.1, 0.15) is 18.1 Å². The summed E-state index contributed by atoms with van der Waals surface area (Å²) < 4.78 is 16.0. The fourth-order valence-corrected chi connectivity index (χ4v) is 4.55. The Morgan fingerprint density at radius 1 is 0.975 bits per heavy atom.